The number of hydrogen-bond acceptors (Lipinski definition) is 3. The largest absolute Gasteiger partial charge is 0.383 e. The van der Waals surface area contributed by atoms with Gasteiger partial charge in [0, 0.05) is 19.1 Å². The van der Waals surface area contributed by atoms with Crippen molar-refractivity contribution in [3.05, 3.63) is 29.3 Å². The van der Waals surface area contributed by atoms with Crippen LogP contribution >= 0.6 is 0 Å². The smallest absolute Gasteiger partial charge is 0.101 e. The highest BCUT2D eigenvalue weighted by molar-refractivity contribution is 5.58. The van der Waals surface area contributed by atoms with Gasteiger partial charge in [-0.2, -0.15) is 5.26 Å². The van der Waals surface area contributed by atoms with Crippen LogP contribution in [0.5, 0.6) is 0 Å². The predicted molar refractivity (Wildman–Crippen MR) is 79.3 cm³/mol. The lowest BCUT2D eigenvalue weighted by Gasteiger charge is -2.24. The Morgan fingerprint density at radius 1 is 1.37 bits per heavy atom. The molecule has 1 aromatic carbocycles. The third kappa shape index (κ3) is 3.71. The Kier molecular flexibility index (Phi) is 4.81. The summed E-state index contributed by atoms with van der Waals surface area (Å²) in [7, 11) is 2.21. The molecule has 3 heteroatoms. The molecule has 1 fully saturated rings. The molecule has 1 aliphatic rings. The van der Waals surface area contributed by atoms with Crippen LogP contribution in [0, 0.1) is 18.3 Å². The van der Waals surface area contributed by atoms with E-state index in [-0.39, 0.29) is 0 Å². The highest BCUT2D eigenvalue weighted by Crippen LogP contribution is 2.22. The van der Waals surface area contributed by atoms with Crippen LogP contribution in [-0.2, 0) is 0 Å². The molecule has 102 valence electrons. The van der Waals surface area contributed by atoms with Crippen molar-refractivity contribution in [2.24, 2.45) is 0 Å². The first kappa shape index (κ1) is 13.9. The zero-order valence-corrected chi connectivity index (χ0v) is 11.9. The maximum absolute atomic E-state index is 9.09. The summed E-state index contributed by atoms with van der Waals surface area (Å²) in [5, 5.41) is 12.5. The summed E-state index contributed by atoms with van der Waals surface area (Å²) in [5.74, 6) is 0. The SMILES string of the molecule is Cc1ccc(C#N)c(NCCN(C)C2CCCC2)c1. The van der Waals surface area contributed by atoms with E-state index in [1.807, 2.05) is 18.2 Å². The van der Waals surface area contributed by atoms with Gasteiger partial charge in [0.05, 0.1) is 11.3 Å². The summed E-state index contributed by atoms with van der Waals surface area (Å²) in [5.41, 5.74) is 2.88. The summed E-state index contributed by atoms with van der Waals surface area (Å²) >= 11 is 0. The Labute approximate surface area is 116 Å². The maximum atomic E-state index is 9.09. The molecule has 0 atom stereocenters. The number of hydrogen-bond donors (Lipinski definition) is 1. The Morgan fingerprint density at radius 3 is 2.79 bits per heavy atom. The third-order valence-electron chi connectivity index (χ3n) is 4.02. The van der Waals surface area contributed by atoms with Crippen molar-refractivity contribution in [1.82, 2.24) is 4.90 Å². The van der Waals surface area contributed by atoms with Gasteiger partial charge in [-0.15, -0.1) is 0 Å². The van der Waals surface area contributed by atoms with E-state index in [1.54, 1.807) is 0 Å². The number of nitriles is 1. The van der Waals surface area contributed by atoms with Gasteiger partial charge in [0.1, 0.15) is 6.07 Å². The van der Waals surface area contributed by atoms with E-state index in [9.17, 15) is 0 Å². The average Bonchev–Trinajstić information content (AvgIpc) is 2.93. The van der Waals surface area contributed by atoms with Gasteiger partial charge in [0.15, 0.2) is 0 Å². The van der Waals surface area contributed by atoms with Crippen LogP contribution in [0.3, 0.4) is 0 Å². The molecule has 0 unspecified atom stereocenters. The van der Waals surface area contributed by atoms with Gasteiger partial charge >= 0.3 is 0 Å². The zero-order chi connectivity index (χ0) is 13.7. The number of nitrogens with zero attached hydrogens (tertiary/aromatic N) is 2. The fourth-order valence-electron chi connectivity index (χ4n) is 2.80. The molecule has 1 aromatic rings. The molecular weight excluding hydrogens is 234 g/mol. The van der Waals surface area contributed by atoms with E-state index < -0.39 is 0 Å². The van der Waals surface area contributed by atoms with Crippen molar-refractivity contribution < 1.29 is 0 Å². The molecule has 19 heavy (non-hydrogen) atoms. The monoisotopic (exact) mass is 257 g/mol. The molecule has 0 radical (unpaired) electrons. The highest BCUT2D eigenvalue weighted by atomic mass is 15.1. The van der Waals surface area contributed by atoms with Gasteiger partial charge in [-0.05, 0) is 44.5 Å². The second-order valence-corrected chi connectivity index (χ2v) is 5.51. The van der Waals surface area contributed by atoms with E-state index in [1.165, 1.54) is 31.2 Å². The van der Waals surface area contributed by atoms with Crippen molar-refractivity contribution in [3.8, 4) is 6.07 Å². The van der Waals surface area contributed by atoms with E-state index >= 15 is 0 Å². The number of benzene rings is 1. The molecule has 0 aromatic heterocycles. The first-order valence-electron chi connectivity index (χ1n) is 7.15. The molecule has 1 N–H and O–H groups in total. The second kappa shape index (κ2) is 6.58. The molecule has 0 saturated heterocycles. The van der Waals surface area contributed by atoms with Crippen LogP contribution in [-0.4, -0.2) is 31.1 Å². The van der Waals surface area contributed by atoms with Crippen LogP contribution in [0.1, 0.15) is 36.8 Å². The standard InChI is InChI=1S/C16H23N3/c1-13-7-8-14(12-17)16(11-13)18-9-10-19(2)15-5-3-4-6-15/h7-8,11,15,18H,3-6,9-10H2,1-2H3. The lowest BCUT2D eigenvalue weighted by Crippen LogP contribution is -2.33. The quantitative estimate of drug-likeness (QED) is 0.880. The Bertz CT molecular complexity index is 456. The fourth-order valence-corrected chi connectivity index (χ4v) is 2.80. The highest BCUT2D eigenvalue weighted by Gasteiger charge is 2.18. The molecule has 1 saturated carbocycles. The van der Waals surface area contributed by atoms with E-state index in [0.717, 1.165) is 30.4 Å². The van der Waals surface area contributed by atoms with Crippen LogP contribution in [0.15, 0.2) is 18.2 Å². The minimum Gasteiger partial charge on any atom is -0.383 e. The number of likely N-dealkylation sites (N-methyl/N-ethyl adjacent to an activating group) is 1. The van der Waals surface area contributed by atoms with Gasteiger partial charge in [0.2, 0.25) is 0 Å². The summed E-state index contributed by atoms with van der Waals surface area (Å²) in [4.78, 5) is 2.45. The minimum absolute atomic E-state index is 0.731. The number of aryl methyl sites for hydroxylation is 1. The minimum atomic E-state index is 0.731. The molecular formula is C16H23N3. The molecule has 0 heterocycles. The zero-order valence-electron chi connectivity index (χ0n) is 11.9. The third-order valence-corrected chi connectivity index (χ3v) is 4.02. The topological polar surface area (TPSA) is 39.1 Å². The number of rotatable bonds is 5. The molecule has 0 bridgehead atoms. The molecule has 2 rings (SSSR count). The van der Waals surface area contributed by atoms with Crippen LogP contribution in [0.4, 0.5) is 5.69 Å². The molecule has 0 aliphatic heterocycles. The molecule has 3 nitrogen and oxygen atoms in total. The van der Waals surface area contributed by atoms with E-state index in [2.05, 4.69) is 30.3 Å². The summed E-state index contributed by atoms with van der Waals surface area (Å²) < 4.78 is 0. The van der Waals surface area contributed by atoms with Crippen molar-refractivity contribution in [3.63, 3.8) is 0 Å². The van der Waals surface area contributed by atoms with E-state index in [4.69, 9.17) is 5.26 Å². The normalized spacial score (nSPS) is 15.7. The van der Waals surface area contributed by atoms with Gasteiger partial charge in [-0.1, -0.05) is 18.9 Å². The van der Waals surface area contributed by atoms with Crippen molar-refractivity contribution in [2.75, 3.05) is 25.5 Å². The number of nitrogens with one attached hydrogen (secondary N) is 1. The van der Waals surface area contributed by atoms with Gasteiger partial charge in [-0.25, -0.2) is 0 Å². The van der Waals surface area contributed by atoms with Crippen molar-refractivity contribution >= 4 is 5.69 Å². The van der Waals surface area contributed by atoms with Gasteiger partial charge in [0.25, 0.3) is 0 Å². The van der Waals surface area contributed by atoms with Crippen LogP contribution in [0.2, 0.25) is 0 Å². The second-order valence-electron chi connectivity index (χ2n) is 5.51. The average molecular weight is 257 g/mol. The maximum Gasteiger partial charge on any atom is 0.101 e. The first-order valence-corrected chi connectivity index (χ1v) is 7.15. The van der Waals surface area contributed by atoms with Crippen LogP contribution in [0.25, 0.3) is 0 Å². The summed E-state index contributed by atoms with van der Waals surface area (Å²) in [6.07, 6.45) is 5.42. The molecule has 0 spiro atoms. The summed E-state index contributed by atoms with van der Waals surface area (Å²) in [6, 6.07) is 8.92. The Morgan fingerprint density at radius 2 is 2.11 bits per heavy atom. The Hall–Kier alpha value is -1.53. The summed E-state index contributed by atoms with van der Waals surface area (Å²) in [6.45, 7) is 3.98. The van der Waals surface area contributed by atoms with Crippen molar-refractivity contribution in [2.45, 2.75) is 38.6 Å². The predicted octanol–water partition coefficient (Wildman–Crippen LogP) is 3.15. The Balaban J connectivity index is 1.85. The van der Waals surface area contributed by atoms with Crippen molar-refractivity contribution in [1.29, 1.82) is 5.26 Å². The first-order chi connectivity index (χ1) is 9.20. The van der Waals surface area contributed by atoms with E-state index in [0.29, 0.717) is 0 Å². The van der Waals surface area contributed by atoms with Gasteiger partial charge in [-0.3, -0.25) is 0 Å². The van der Waals surface area contributed by atoms with Crippen LogP contribution < -0.4 is 5.32 Å². The lowest BCUT2D eigenvalue weighted by molar-refractivity contribution is 0.254. The van der Waals surface area contributed by atoms with Gasteiger partial charge < -0.3 is 10.2 Å². The fraction of sp³-hybridized carbons (Fsp3) is 0.562. The lowest BCUT2D eigenvalue weighted by atomic mass is 10.1. The molecule has 1 aliphatic carbocycles. The molecule has 0 amide bonds. The number of anilines is 1.